The summed E-state index contributed by atoms with van der Waals surface area (Å²) in [7, 11) is 0. The summed E-state index contributed by atoms with van der Waals surface area (Å²) in [6, 6.07) is 11.2. The van der Waals surface area contributed by atoms with Crippen LogP contribution in [0.5, 0.6) is 0 Å². The standard InChI is InChI=1S/C17H20N2O2/c18-15-2-1-3-16-14(15)8-9-17(21)19(16)10-12-4-6-13(11-20)7-5-12/h4-9,15,20H,1-3,10-11,18H2. The predicted molar refractivity (Wildman–Crippen MR) is 82.0 cm³/mol. The molecule has 1 heterocycles. The van der Waals surface area contributed by atoms with Gasteiger partial charge in [0.1, 0.15) is 0 Å². The van der Waals surface area contributed by atoms with Crippen LogP contribution in [0.1, 0.15) is 41.3 Å². The number of aliphatic hydroxyl groups excluding tert-OH is 1. The summed E-state index contributed by atoms with van der Waals surface area (Å²) in [6.45, 7) is 0.594. The minimum atomic E-state index is 0.0223. The molecule has 0 saturated carbocycles. The number of benzene rings is 1. The summed E-state index contributed by atoms with van der Waals surface area (Å²) < 4.78 is 1.84. The summed E-state index contributed by atoms with van der Waals surface area (Å²) in [4.78, 5) is 12.2. The van der Waals surface area contributed by atoms with Crippen molar-refractivity contribution in [3.8, 4) is 0 Å². The van der Waals surface area contributed by atoms with Gasteiger partial charge in [0.2, 0.25) is 0 Å². The van der Waals surface area contributed by atoms with Crippen LogP contribution >= 0.6 is 0 Å². The van der Waals surface area contributed by atoms with Crippen molar-refractivity contribution in [3.05, 3.63) is 69.1 Å². The molecule has 1 aliphatic carbocycles. The molecule has 1 aromatic carbocycles. The molecule has 0 aliphatic heterocycles. The second-order valence-corrected chi connectivity index (χ2v) is 5.63. The highest BCUT2D eigenvalue weighted by atomic mass is 16.3. The maximum Gasteiger partial charge on any atom is 0.251 e. The van der Waals surface area contributed by atoms with Crippen LogP contribution < -0.4 is 11.3 Å². The Morgan fingerprint density at radius 1 is 1.14 bits per heavy atom. The second kappa shape index (κ2) is 5.84. The van der Waals surface area contributed by atoms with E-state index in [9.17, 15) is 4.79 Å². The lowest BCUT2D eigenvalue weighted by Gasteiger charge is -2.25. The Morgan fingerprint density at radius 3 is 2.57 bits per heavy atom. The quantitative estimate of drug-likeness (QED) is 0.902. The Balaban J connectivity index is 1.97. The maximum absolute atomic E-state index is 12.2. The van der Waals surface area contributed by atoms with Gasteiger partial charge in [0.25, 0.3) is 5.56 Å². The minimum Gasteiger partial charge on any atom is -0.392 e. The molecule has 3 rings (SSSR count). The van der Waals surface area contributed by atoms with Crippen LogP contribution in [0, 0.1) is 0 Å². The Kier molecular flexibility index (Phi) is 3.90. The summed E-state index contributed by atoms with van der Waals surface area (Å²) >= 11 is 0. The van der Waals surface area contributed by atoms with Gasteiger partial charge in [0.05, 0.1) is 13.2 Å². The zero-order valence-corrected chi connectivity index (χ0v) is 12.0. The summed E-state index contributed by atoms with van der Waals surface area (Å²) in [5.74, 6) is 0. The molecule has 110 valence electrons. The van der Waals surface area contributed by atoms with Crippen LogP contribution in [0.25, 0.3) is 0 Å². The van der Waals surface area contributed by atoms with E-state index in [1.807, 2.05) is 34.9 Å². The highest BCUT2D eigenvalue weighted by Gasteiger charge is 2.20. The van der Waals surface area contributed by atoms with Gasteiger partial charge in [0.15, 0.2) is 0 Å². The first-order valence-electron chi connectivity index (χ1n) is 7.36. The normalized spacial score (nSPS) is 17.5. The average molecular weight is 284 g/mol. The summed E-state index contributed by atoms with van der Waals surface area (Å²) in [6.07, 6.45) is 2.92. The van der Waals surface area contributed by atoms with E-state index in [2.05, 4.69) is 0 Å². The third kappa shape index (κ3) is 2.77. The molecular weight excluding hydrogens is 264 g/mol. The first-order valence-corrected chi connectivity index (χ1v) is 7.36. The SMILES string of the molecule is NC1CCCc2c1ccc(=O)n2Cc1ccc(CO)cc1. The zero-order valence-electron chi connectivity index (χ0n) is 12.0. The van der Waals surface area contributed by atoms with Gasteiger partial charge < -0.3 is 15.4 Å². The summed E-state index contributed by atoms with van der Waals surface area (Å²) in [5.41, 5.74) is 10.3. The molecule has 0 spiro atoms. The van der Waals surface area contributed by atoms with E-state index < -0.39 is 0 Å². The van der Waals surface area contributed by atoms with Crippen molar-refractivity contribution in [1.29, 1.82) is 0 Å². The molecule has 1 aromatic heterocycles. The number of nitrogens with two attached hydrogens (primary N) is 1. The molecule has 0 radical (unpaired) electrons. The maximum atomic E-state index is 12.2. The van der Waals surface area contributed by atoms with Crippen molar-refractivity contribution in [1.82, 2.24) is 4.57 Å². The molecule has 1 unspecified atom stereocenters. The third-order valence-corrected chi connectivity index (χ3v) is 4.20. The highest BCUT2D eigenvalue weighted by molar-refractivity contribution is 5.29. The number of pyridine rings is 1. The lowest BCUT2D eigenvalue weighted by Crippen LogP contribution is -2.29. The summed E-state index contributed by atoms with van der Waals surface area (Å²) in [5, 5.41) is 9.08. The van der Waals surface area contributed by atoms with Gasteiger partial charge in [-0.25, -0.2) is 0 Å². The third-order valence-electron chi connectivity index (χ3n) is 4.20. The van der Waals surface area contributed by atoms with Gasteiger partial charge in [0, 0.05) is 17.8 Å². The minimum absolute atomic E-state index is 0.0223. The molecule has 3 N–H and O–H groups in total. The molecule has 1 atom stereocenters. The molecule has 1 aliphatic rings. The number of fused-ring (bicyclic) bond motifs is 1. The molecular formula is C17H20N2O2. The van der Waals surface area contributed by atoms with Gasteiger partial charge in [-0.05, 0) is 36.0 Å². The van der Waals surface area contributed by atoms with E-state index >= 15 is 0 Å². The molecule has 0 fully saturated rings. The van der Waals surface area contributed by atoms with E-state index in [1.165, 1.54) is 0 Å². The molecule has 4 nitrogen and oxygen atoms in total. The number of hydrogen-bond donors (Lipinski definition) is 2. The van der Waals surface area contributed by atoms with E-state index in [-0.39, 0.29) is 18.2 Å². The van der Waals surface area contributed by atoms with E-state index in [4.69, 9.17) is 10.8 Å². The van der Waals surface area contributed by atoms with E-state index in [0.717, 1.165) is 41.6 Å². The van der Waals surface area contributed by atoms with Gasteiger partial charge in [-0.2, -0.15) is 0 Å². The number of aromatic nitrogens is 1. The van der Waals surface area contributed by atoms with Crippen LogP contribution in [0.15, 0.2) is 41.2 Å². The Labute approximate surface area is 123 Å². The van der Waals surface area contributed by atoms with Crippen molar-refractivity contribution in [2.45, 2.75) is 38.5 Å². The first kappa shape index (κ1) is 14.0. The molecule has 0 bridgehead atoms. The largest absolute Gasteiger partial charge is 0.392 e. The van der Waals surface area contributed by atoms with Crippen LogP contribution in [0.4, 0.5) is 0 Å². The van der Waals surface area contributed by atoms with Crippen molar-refractivity contribution in [2.75, 3.05) is 0 Å². The molecule has 4 heteroatoms. The fourth-order valence-corrected chi connectivity index (χ4v) is 3.00. The van der Waals surface area contributed by atoms with E-state index in [0.29, 0.717) is 6.54 Å². The topological polar surface area (TPSA) is 68.2 Å². The number of nitrogens with zero attached hydrogens (tertiary/aromatic N) is 1. The fourth-order valence-electron chi connectivity index (χ4n) is 3.00. The monoisotopic (exact) mass is 284 g/mol. The van der Waals surface area contributed by atoms with Crippen LogP contribution in [-0.4, -0.2) is 9.67 Å². The van der Waals surface area contributed by atoms with Gasteiger partial charge in [-0.15, -0.1) is 0 Å². The van der Waals surface area contributed by atoms with E-state index in [1.54, 1.807) is 6.07 Å². The highest BCUT2D eigenvalue weighted by Crippen LogP contribution is 2.27. The smallest absolute Gasteiger partial charge is 0.251 e. The number of hydrogen-bond acceptors (Lipinski definition) is 3. The number of aliphatic hydroxyl groups is 1. The second-order valence-electron chi connectivity index (χ2n) is 5.63. The molecule has 21 heavy (non-hydrogen) atoms. The zero-order chi connectivity index (χ0) is 14.8. The Hall–Kier alpha value is -1.91. The van der Waals surface area contributed by atoms with Crippen LogP contribution in [0.3, 0.4) is 0 Å². The van der Waals surface area contributed by atoms with Crippen molar-refractivity contribution < 1.29 is 5.11 Å². The van der Waals surface area contributed by atoms with Gasteiger partial charge in [-0.1, -0.05) is 30.3 Å². The van der Waals surface area contributed by atoms with Gasteiger partial charge in [-0.3, -0.25) is 4.79 Å². The molecule has 2 aromatic rings. The van der Waals surface area contributed by atoms with Crippen molar-refractivity contribution >= 4 is 0 Å². The van der Waals surface area contributed by atoms with Crippen LogP contribution in [0.2, 0.25) is 0 Å². The molecule has 0 saturated heterocycles. The predicted octanol–water partition coefficient (Wildman–Crippen LogP) is 1.73. The van der Waals surface area contributed by atoms with Crippen LogP contribution in [-0.2, 0) is 19.6 Å². The lowest BCUT2D eigenvalue weighted by atomic mass is 9.91. The van der Waals surface area contributed by atoms with Crippen molar-refractivity contribution in [2.24, 2.45) is 5.73 Å². The Morgan fingerprint density at radius 2 is 1.86 bits per heavy atom. The van der Waals surface area contributed by atoms with Crippen molar-refractivity contribution in [3.63, 3.8) is 0 Å². The first-order chi connectivity index (χ1) is 10.2. The molecule has 0 amide bonds. The fraction of sp³-hybridized carbons (Fsp3) is 0.353. The van der Waals surface area contributed by atoms with Gasteiger partial charge >= 0.3 is 0 Å². The number of rotatable bonds is 3. The Bertz CT molecular complexity index is 689. The lowest BCUT2D eigenvalue weighted by molar-refractivity contribution is 0.282. The average Bonchev–Trinajstić information content (AvgIpc) is 2.51.